The molecule has 1 aromatic heterocycles. The largest absolute Gasteiger partial charge is 0.370 e. The van der Waals surface area contributed by atoms with Gasteiger partial charge < -0.3 is 5.32 Å². The normalized spacial score (nSPS) is 17.2. The summed E-state index contributed by atoms with van der Waals surface area (Å²) in [5.74, 6) is 0.704. The minimum atomic E-state index is -3.43. The Morgan fingerprint density at radius 1 is 1.37 bits per heavy atom. The Hall–Kier alpha value is -1.14. The van der Waals surface area contributed by atoms with E-state index in [-0.39, 0.29) is 10.3 Å². The molecular weight excluding hydrogens is 262 g/mol. The number of sulfonamides is 1. The lowest BCUT2D eigenvalue weighted by Crippen LogP contribution is -2.29. The van der Waals surface area contributed by atoms with Crippen molar-refractivity contribution in [2.75, 3.05) is 18.4 Å². The number of rotatable bonds is 7. The Morgan fingerprint density at radius 3 is 2.63 bits per heavy atom. The Morgan fingerprint density at radius 2 is 2.11 bits per heavy atom. The molecule has 2 N–H and O–H groups in total. The molecule has 6 heteroatoms. The summed E-state index contributed by atoms with van der Waals surface area (Å²) in [7, 11) is -3.43. The van der Waals surface area contributed by atoms with E-state index in [1.165, 1.54) is 6.20 Å². The van der Waals surface area contributed by atoms with Crippen LogP contribution in [0.2, 0.25) is 0 Å². The molecule has 19 heavy (non-hydrogen) atoms. The molecule has 0 aliphatic heterocycles. The molecule has 0 saturated heterocycles. The van der Waals surface area contributed by atoms with Gasteiger partial charge in [0.1, 0.15) is 10.7 Å². The van der Waals surface area contributed by atoms with E-state index < -0.39 is 10.0 Å². The maximum atomic E-state index is 12.1. The van der Waals surface area contributed by atoms with Crippen LogP contribution in [0, 0.1) is 5.41 Å². The van der Waals surface area contributed by atoms with Crippen molar-refractivity contribution in [3.05, 3.63) is 18.3 Å². The topological polar surface area (TPSA) is 71.1 Å². The third kappa shape index (κ3) is 3.91. The molecular formula is C13H21N3O2S. The lowest BCUT2D eigenvalue weighted by Gasteiger charge is -2.11. The van der Waals surface area contributed by atoms with Crippen LogP contribution in [0.3, 0.4) is 0 Å². The highest BCUT2D eigenvalue weighted by atomic mass is 32.2. The molecule has 2 rings (SSSR count). The summed E-state index contributed by atoms with van der Waals surface area (Å²) < 4.78 is 26.8. The molecule has 1 aromatic rings. The summed E-state index contributed by atoms with van der Waals surface area (Å²) in [4.78, 5) is 4.33. The van der Waals surface area contributed by atoms with E-state index in [4.69, 9.17) is 0 Å². The molecule has 5 nitrogen and oxygen atoms in total. The van der Waals surface area contributed by atoms with Gasteiger partial charge in [0.15, 0.2) is 0 Å². The summed E-state index contributed by atoms with van der Waals surface area (Å²) in [6, 6.07) is 3.28. The van der Waals surface area contributed by atoms with E-state index in [1.54, 1.807) is 12.1 Å². The lowest BCUT2D eigenvalue weighted by atomic mass is 10.2. The Kier molecular flexibility index (Phi) is 4.10. The van der Waals surface area contributed by atoms with E-state index >= 15 is 0 Å². The summed E-state index contributed by atoms with van der Waals surface area (Å²) in [6.07, 6.45) is 4.58. The van der Waals surface area contributed by atoms with Crippen LogP contribution in [0.5, 0.6) is 0 Å². The molecule has 0 amide bonds. The van der Waals surface area contributed by atoms with Gasteiger partial charge in [-0.05, 0) is 36.8 Å². The molecule has 0 unspecified atom stereocenters. The second kappa shape index (κ2) is 5.46. The van der Waals surface area contributed by atoms with Crippen molar-refractivity contribution in [1.29, 1.82) is 0 Å². The molecule has 0 aromatic carbocycles. The summed E-state index contributed by atoms with van der Waals surface area (Å²) in [6.45, 7) is 5.49. The van der Waals surface area contributed by atoms with Crippen molar-refractivity contribution in [2.24, 2.45) is 5.41 Å². The van der Waals surface area contributed by atoms with Crippen LogP contribution in [0.1, 0.15) is 33.1 Å². The number of aromatic nitrogens is 1. The van der Waals surface area contributed by atoms with E-state index in [0.717, 1.165) is 25.8 Å². The first-order valence-corrected chi connectivity index (χ1v) is 8.13. The monoisotopic (exact) mass is 283 g/mol. The van der Waals surface area contributed by atoms with E-state index in [1.807, 2.05) is 0 Å². The zero-order chi connectivity index (χ0) is 13.9. The number of pyridine rings is 1. The van der Waals surface area contributed by atoms with Crippen LogP contribution in [0.15, 0.2) is 23.2 Å². The fraction of sp³-hybridized carbons (Fsp3) is 0.615. The van der Waals surface area contributed by atoms with Crippen molar-refractivity contribution in [2.45, 2.75) is 38.0 Å². The van der Waals surface area contributed by atoms with Crippen LogP contribution in [-0.2, 0) is 10.0 Å². The average molecular weight is 283 g/mol. The van der Waals surface area contributed by atoms with Crippen molar-refractivity contribution in [1.82, 2.24) is 9.71 Å². The molecule has 0 radical (unpaired) electrons. The number of hydrogen-bond acceptors (Lipinski definition) is 4. The maximum absolute atomic E-state index is 12.1. The van der Waals surface area contributed by atoms with Gasteiger partial charge in [0.05, 0.1) is 0 Å². The highest BCUT2D eigenvalue weighted by Gasteiger charge is 2.38. The second-order valence-corrected chi connectivity index (χ2v) is 7.21. The van der Waals surface area contributed by atoms with Crippen molar-refractivity contribution < 1.29 is 8.42 Å². The number of nitrogens with one attached hydrogen (secondary N) is 2. The predicted molar refractivity (Wildman–Crippen MR) is 75.5 cm³/mol. The number of nitrogens with zero attached hydrogens (tertiary/aromatic N) is 1. The van der Waals surface area contributed by atoms with Gasteiger partial charge in [0.25, 0.3) is 0 Å². The van der Waals surface area contributed by atoms with Gasteiger partial charge in [-0.1, -0.05) is 13.8 Å². The van der Waals surface area contributed by atoms with Gasteiger partial charge in [-0.3, -0.25) is 0 Å². The van der Waals surface area contributed by atoms with Gasteiger partial charge in [0, 0.05) is 19.3 Å². The van der Waals surface area contributed by atoms with Gasteiger partial charge in [-0.25, -0.2) is 18.1 Å². The summed E-state index contributed by atoms with van der Waals surface area (Å²) in [5, 5.41) is 3.11. The van der Waals surface area contributed by atoms with E-state index in [2.05, 4.69) is 28.9 Å². The van der Waals surface area contributed by atoms with E-state index in [0.29, 0.717) is 12.4 Å². The third-order valence-electron chi connectivity index (χ3n) is 3.40. The fourth-order valence-corrected chi connectivity index (χ4v) is 2.78. The Balaban J connectivity index is 1.99. The molecule has 1 aliphatic rings. The van der Waals surface area contributed by atoms with Crippen LogP contribution in [0.4, 0.5) is 5.82 Å². The maximum Gasteiger partial charge on any atom is 0.242 e. The Labute approximate surface area is 114 Å². The second-order valence-electron chi connectivity index (χ2n) is 5.44. The molecule has 1 saturated carbocycles. The van der Waals surface area contributed by atoms with Crippen LogP contribution < -0.4 is 10.0 Å². The summed E-state index contributed by atoms with van der Waals surface area (Å²) >= 11 is 0. The quantitative estimate of drug-likeness (QED) is 0.802. The van der Waals surface area contributed by atoms with Gasteiger partial charge in [-0.2, -0.15) is 0 Å². The van der Waals surface area contributed by atoms with Crippen molar-refractivity contribution in [3.63, 3.8) is 0 Å². The van der Waals surface area contributed by atoms with Crippen LogP contribution in [0.25, 0.3) is 0 Å². The molecule has 0 atom stereocenters. The highest BCUT2D eigenvalue weighted by Crippen LogP contribution is 2.44. The average Bonchev–Trinajstić information content (AvgIpc) is 3.13. The fourth-order valence-electron chi connectivity index (χ4n) is 1.64. The SMILES string of the molecule is CCCNc1ccc(S(=O)(=O)NCC2(C)CC2)cn1. The van der Waals surface area contributed by atoms with Crippen LogP contribution in [-0.4, -0.2) is 26.5 Å². The highest BCUT2D eigenvalue weighted by molar-refractivity contribution is 7.89. The lowest BCUT2D eigenvalue weighted by molar-refractivity contribution is 0.530. The molecule has 1 heterocycles. The first kappa shape index (κ1) is 14.3. The zero-order valence-electron chi connectivity index (χ0n) is 11.4. The molecule has 106 valence electrons. The first-order chi connectivity index (χ1) is 8.95. The van der Waals surface area contributed by atoms with E-state index in [9.17, 15) is 8.42 Å². The predicted octanol–water partition coefficient (Wildman–Crippen LogP) is 1.98. The zero-order valence-corrected chi connectivity index (χ0v) is 12.3. The minimum absolute atomic E-state index is 0.156. The van der Waals surface area contributed by atoms with Gasteiger partial charge in [0.2, 0.25) is 10.0 Å². The molecule has 1 fully saturated rings. The van der Waals surface area contributed by atoms with Crippen molar-refractivity contribution >= 4 is 15.8 Å². The Bertz CT molecular complexity index is 521. The standard InChI is InChI=1S/C13H21N3O2S/c1-3-8-14-12-5-4-11(9-15-12)19(17,18)16-10-13(2)6-7-13/h4-5,9,16H,3,6-8,10H2,1-2H3,(H,14,15). The molecule has 0 bridgehead atoms. The van der Waals surface area contributed by atoms with Gasteiger partial charge >= 0.3 is 0 Å². The number of hydrogen-bond donors (Lipinski definition) is 2. The molecule has 0 spiro atoms. The van der Waals surface area contributed by atoms with Crippen LogP contribution >= 0.6 is 0 Å². The van der Waals surface area contributed by atoms with Gasteiger partial charge in [-0.15, -0.1) is 0 Å². The molecule has 1 aliphatic carbocycles. The van der Waals surface area contributed by atoms with Crippen molar-refractivity contribution in [3.8, 4) is 0 Å². The smallest absolute Gasteiger partial charge is 0.242 e. The minimum Gasteiger partial charge on any atom is -0.370 e. The summed E-state index contributed by atoms with van der Waals surface area (Å²) in [5.41, 5.74) is 0.156. The number of anilines is 1. The third-order valence-corrected chi connectivity index (χ3v) is 4.78. The first-order valence-electron chi connectivity index (χ1n) is 6.65.